The first kappa shape index (κ1) is 18.0. The van der Waals surface area contributed by atoms with Gasteiger partial charge in [-0.25, -0.2) is 4.39 Å². The van der Waals surface area contributed by atoms with Gasteiger partial charge in [-0.3, -0.25) is 19.7 Å². The molecule has 0 radical (unpaired) electrons. The fourth-order valence-corrected chi connectivity index (χ4v) is 2.45. The topological polar surface area (TPSA) is 94.2 Å². The summed E-state index contributed by atoms with van der Waals surface area (Å²) in [4.78, 5) is 34.5. The summed E-state index contributed by atoms with van der Waals surface area (Å²) in [7, 11) is 0. The molecule has 3 rings (SSSR count). The third kappa shape index (κ3) is 4.43. The molecule has 0 saturated carbocycles. The highest BCUT2D eigenvalue weighted by atomic mass is 19.1. The number of rotatable bonds is 5. The number of anilines is 1. The predicted octanol–water partition coefficient (Wildman–Crippen LogP) is 3.20. The summed E-state index contributed by atoms with van der Waals surface area (Å²) in [6, 6.07) is 13.8. The Balaban J connectivity index is 1.78. The van der Waals surface area contributed by atoms with E-state index in [0.717, 1.165) is 0 Å². The Hall–Kier alpha value is -3.81. The zero-order valence-electron chi connectivity index (χ0n) is 14.0. The minimum absolute atomic E-state index is 0.0825. The number of pyridine rings is 1. The van der Waals surface area contributed by atoms with Gasteiger partial charge >= 0.3 is 0 Å². The van der Waals surface area contributed by atoms with Crippen LogP contribution < -0.4 is 10.9 Å². The molecule has 0 saturated heterocycles. The predicted molar refractivity (Wildman–Crippen MR) is 97.3 cm³/mol. The van der Waals surface area contributed by atoms with Gasteiger partial charge in [-0.2, -0.15) is 0 Å². The Morgan fingerprint density at radius 3 is 2.33 bits per heavy atom. The SMILES string of the molecule is O=C(Nc1ccc([N+](=O)[O-])cc1)c1ccc(=O)n(Cc2ccc(F)cc2)c1. The number of halogens is 1. The molecular formula is C19H14FN3O4. The number of non-ortho nitro benzene ring substituents is 1. The van der Waals surface area contributed by atoms with Crippen molar-refractivity contribution in [2.24, 2.45) is 0 Å². The average Bonchev–Trinajstić information content (AvgIpc) is 2.65. The van der Waals surface area contributed by atoms with E-state index in [4.69, 9.17) is 0 Å². The van der Waals surface area contributed by atoms with Crippen LogP contribution in [0.2, 0.25) is 0 Å². The molecule has 8 heteroatoms. The van der Waals surface area contributed by atoms with Crippen molar-refractivity contribution in [3.8, 4) is 0 Å². The summed E-state index contributed by atoms with van der Waals surface area (Å²) in [6.07, 6.45) is 1.41. The highest BCUT2D eigenvalue weighted by molar-refractivity contribution is 6.04. The van der Waals surface area contributed by atoms with E-state index in [1.54, 1.807) is 12.1 Å². The number of benzene rings is 2. The molecule has 1 amide bonds. The van der Waals surface area contributed by atoms with Gasteiger partial charge in [-0.05, 0) is 35.9 Å². The molecule has 27 heavy (non-hydrogen) atoms. The van der Waals surface area contributed by atoms with Gasteiger partial charge in [0, 0.05) is 30.1 Å². The number of nitro groups is 1. The lowest BCUT2D eigenvalue weighted by atomic mass is 10.2. The summed E-state index contributed by atoms with van der Waals surface area (Å²) in [5.74, 6) is -0.834. The van der Waals surface area contributed by atoms with Gasteiger partial charge in [0.25, 0.3) is 17.2 Å². The summed E-state index contributed by atoms with van der Waals surface area (Å²) < 4.78 is 14.3. The zero-order valence-corrected chi connectivity index (χ0v) is 14.0. The molecule has 0 bridgehead atoms. The number of nitrogens with one attached hydrogen (secondary N) is 1. The standard InChI is InChI=1S/C19H14FN3O4/c20-15-4-1-13(2-5-15)11-22-12-14(3-10-18(22)24)19(25)21-16-6-8-17(9-7-16)23(26)27/h1-10,12H,11H2,(H,21,25). The normalized spacial score (nSPS) is 10.4. The molecular weight excluding hydrogens is 353 g/mol. The molecule has 0 unspecified atom stereocenters. The molecule has 0 aliphatic heterocycles. The van der Waals surface area contributed by atoms with E-state index in [-0.39, 0.29) is 29.2 Å². The van der Waals surface area contributed by atoms with Crippen molar-refractivity contribution in [1.82, 2.24) is 4.57 Å². The summed E-state index contributed by atoms with van der Waals surface area (Å²) in [6.45, 7) is 0.192. The van der Waals surface area contributed by atoms with Crippen LogP contribution in [0.3, 0.4) is 0 Å². The molecule has 0 aliphatic carbocycles. The maximum absolute atomic E-state index is 13.0. The third-order valence-electron chi connectivity index (χ3n) is 3.85. The Morgan fingerprint density at radius 1 is 1.04 bits per heavy atom. The number of carbonyl (C=O) groups is 1. The molecule has 3 aromatic rings. The second-order valence-corrected chi connectivity index (χ2v) is 5.77. The second kappa shape index (κ2) is 7.61. The maximum Gasteiger partial charge on any atom is 0.269 e. The van der Waals surface area contributed by atoms with Gasteiger partial charge in [-0.15, -0.1) is 0 Å². The first-order valence-electron chi connectivity index (χ1n) is 7.93. The van der Waals surface area contributed by atoms with E-state index in [9.17, 15) is 24.1 Å². The van der Waals surface area contributed by atoms with E-state index >= 15 is 0 Å². The minimum Gasteiger partial charge on any atom is -0.322 e. The average molecular weight is 367 g/mol. The number of amides is 1. The minimum atomic E-state index is -0.531. The van der Waals surface area contributed by atoms with Crippen LogP contribution >= 0.6 is 0 Å². The smallest absolute Gasteiger partial charge is 0.269 e. The third-order valence-corrected chi connectivity index (χ3v) is 3.85. The zero-order chi connectivity index (χ0) is 19.4. The molecule has 136 valence electrons. The maximum atomic E-state index is 13.0. The van der Waals surface area contributed by atoms with Gasteiger partial charge < -0.3 is 9.88 Å². The molecule has 1 heterocycles. The van der Waals surface area contributed by atoms with Crippen molar-refractivity contribution in [3.63, 3.8) is 0 Å². The van der Waals surface area contributed by atoms with Crippen molar-refractivity contribution < 1.29 is 14.1 Å². The molecule has 1 aromatic heterocycles. The first-order valence-corrected chi connectivity index (χ1v) is 7.93. The Labute approximate surface area is 152 Å². The Bertz CT molecular complexity index is 1040. The molecule has 0 atom stereocenters. The Morgan fingerprint density at radius 2 is 1.70 bits per heavy atom. The van der Waals surface area contributed by atoms with E-state index < -0.39 is 10.8 Å². The van der Waals surface area contributed by atoms with Crippen molar-refractivity contribution in [3.05, 3.63) is 104 Å². The number of carbonyl (C=O) groups excluding carboxylic acids is 1. The molecule has 1 N–H and O–H groups in total. The summed E-state index contributed by atoms with van der Waals surface area (Å²) in [5, 5.41) is 13.3. The monoisotopic (exact) mass is 367 g/mol. The number of nitro benzene ring substituents is 1. The lowest BCUT2D eigenvalue weighted by Gasteiger charge is -2.09. The molecule has 0 spiro atoms. The van der Waals surface area contributed by atoms with E-state index in [1.165, 1.54) is 59.3 Å². The van der Waals surface area contributed by atoms with Gasteiger partial charge in [0.15, 0.2) is 0 Å². The first-order chi connectivity index (χ1) is 12.9. The fourth-order valence-electron chi connectivity index (χ4n) is 2.45. The highest BCUT2D eigenvalue weighted by Gasteiger charge is 2.10. The number of nitrogens with zero attached hydrogens (tertiary/aromatic N) is 2. The number of hydrogen-bond donors (Lipinski definition) is 1. The van der Waals surface area contributed by atoms with Gasteiger partial charge in [0.2, 0.25) is 0 Å². The lowest BCUT2D eigenvalue weighted by Crippen LogP contribution is -2.22. The quantitative estimate of drug-likeness (QED) is 0.553. The van der Waals surface area contributed by atoms with Crippen molar-refractivity contribution in [2.45, 2.75) is 6.54 Å². The van der Waals surface area contributed by atoms with Gasteiger partial charge in [-0.1, -0.05) is 12.1 Å². The van der Waals surface area contributed by atoms with Gasteiger partial charge in [0.05, 0.1) is 17.0 Å². The second-order valence-electron chi connectivity index (χ2n) is 5.77. The van der Waals surface area contributed by atoms with Crippen LogP contribution in [0.15, 0.2) is 71.7 Å². The van der Waals surface area contributed by atoms with Crippen LogP contribution in [-0.2, 0) is 6.54 Å². The van der Waals surface area contributed by atoms with Crippen molar-refractivity contribution >= 4 is 17.3 Å². The molecule has 2 aromatic carbocycles. The summed E-state index contributed by atoms with van der Waals surface area (Å²) >= 11 is 0. The van der Waals surface area contributed by atoms with Crippen LogP contribution in [-0.4, -0.2) is 15.4 Å². The number of aromatic nitrogens is 1. The molecule has 0 aliphatic rings. The van der Waals surface area contributed by atoms with Crippen LogP contribution in [0.5, 0.6) is 0 Å². The van der Waals surface area contributed by atoms with E-state index in [1.807, 2.05) is 0 Å². The lowest BCUT2D eigenvalue weighted by molar-refractivity contribution is -0.384. The summed E-state index contributed by atoms with van der Waals surface area (Å²) in [5.41, 5.74) is 0.968. The number of hydrogen-bond acceptors (Lipinski definition) is 4. The fraction of sp³-hybridized carbons (Fsp3) is 0.0526. The van der Waals surface area contributed by atoms with Gasteiger partial charge in [0.1, 0.15) is 5.82 Å². The molecule has 0 fully saturated rings. The van der Waals surface area contributed by atoms with Crippen LogP contribution in [0.1, 0.15) is 15.9 Å². The van der Waals surface area contributed by atoms with Crippen LogP contribution in [0.25, 0.3) is 0 Å². The highest BCUT2D eigenvalue weighted by Crippen LogP contribution is 2.16. The Kier molecular flexibility index (Phi) is 5.07. The molecule has 7 nitrogen and oxygen atoms in total. The largest absolute Gasteiger partial charge is 0.322 e. The van der Waals surface area contributed by atoms with E-state index in [0.29, 0.717) is 11.3 Å². The van der Waals surface area contributed by atoms with Crippen LogP contribution in [0, 0.1) is 15.9 Å². The van der Waals surface area contributed by atoms with E-state index in [2.05, 4.69) is 5.32 Å². The van der Waals surface area contributed by atoms with Crippen LogP contribution in [0.4, 0.5) is 15.8 Å². The van der Waals surface area contributed by atoms with Crippen molar-refractivity contribution in [1.29, 1.82) is 0 Å². The van der Waals surface area contributed by atoms with Crippen molar-refractivity contribution in [2.75, 3.05) is 5.32 Å².